The van der Waals surface area contributed by atoms with Crippen LogP contribution in [0.25, 0.3) is 20.7 Å². The maximum atomic E-state index is 13.1. The molecule has 8 heteroatoms. The number of thiophene rings is 2. The quantitative estimate of drug-likeness (QED) is 0.471. The van der Waals surface area contributed by atoms with Crippen LogP contribution >= 0.6 is 22.7 Å². The maximum absolute atomic E-state index is 13.1. The molecule has 0 aliphatic rings. The van der Waals surface area contributed by atoms with Crippen LogP contribution in [-0.4, -0.2) is 34.5 Å². The molecule has 1 amide bonds. The number of amides is 1. The summed E-state index contributed by atoms with van der Waals surface area (Å²) < 4.78 is 6.61. The third-order valence-corrected chi connectivity index (χ3v) is 6.42. The molecular formula is C21H19N3O3S2. The van der Waals surface area contributed by atoms with E-state index < -0.39 is 0 Å². The van der Waals surface area contributed by atoms with E-state index in [0.717, 1.165) is 21.8 Å². The van der Waals surface area contributed by atoms with Crippen LogP contribution in [0.2, 0.25) is 0 Å². The average molecular weight is 426 g/mol. The van der Waals surface area contributed by atoms with Gasteiger partial charge >= 0.3 is 0 Å². The van der Waals surface area contributed by atoms with Crippen molar-refractivity contribution in [1.29, 1.82) is 0 Å². The number of ether oxygens (including phenoxy) is 1. The number of fused-ring (bicyclic) bond motifs is 1. The Morgan fingerprint density at radius 1 is 1.24 bits per heavy atom. The van der Waals surface area contributed by atoms with Gasteiger partial charge in [-0.25, -0.2) is 4.98 Å². The van der Waals surface area contributed by atoms with Crippen molar-refractivity contribution < 1.29 is 9.53 Å². The molecule has 3 aromatic heterocycles. The predicted octanol–water partition coefficient (Wildman–Crippen LogP) is 3.85. The SMILES string of the molecule is COc1cccc(CN(C)C(=O)Cn2cnc3scc(-c4cccs4)c3c2=O)c1. The summed E-state index contributed by atoms with van der Waals surface area (Å²) in [5.41, 5.74) is 1.64. The molecular weight excluding hydrogens is 406 g/mol. The monoisotopic (exact) mass is 425 g/mol. The van der Waals surface area contributed by atoms with Gasteiger partial charge in [-0.15, -0.1) is 22.7 Å². The van der Waals surface area contributed by atoms with E-state index in [1.165, 1.54) is 22.2 Å². The zero-order valence-electron chi connectivity index (χ0n) is 16.0. The minimum atomic E-state index is -0.192. The summed E-state index contributed by atoms with van der Waals surface area (Å²) in [4.78, 5) is 33.5. The Labute approximate surface area is 175 Å². The Bertz CT molecular complexity index is 1210. The molecule has 3 heterocycles. The Morgan fingerprint density at radius 3 is 2.86 bits per heavy atom. The summed E-state index contributed by atoms with van der Waals surface area (Å²) in [5, 5.41) is 4.50. The number of methoxy groups -OCH3 is 1. The molecule has 29 heavy (non-hydrogen) atoms. The lowest BCUT2D eigenvalue weighted by Gasteiger charge is -2.18. The fraction of sp³-hybridized carbons (Fsp3) is 0.190. The molecule has 0 N–H and O–H groups in total. The minimum Gasteiger partial charge on any atom is -0.497 e. The average Bonchev–Trinajstić information content (AvgIpc) is 3.39. The first kappa shape index (κ1) is 19.4. The number of likely N-dealkylation sites (N-methyl/N-ethyl adjacent to an activating group) is 1. The summed E-state index contributed by atoms with van der Waals surface area (Å²) in [6, 6.07) is 11.5. The second-order valence-corrected chi connectivity index (χ2v) is 8.39. The van der Waals surface area contributed by atoms with Crippen molar-refractivity contribution in [2.75, 3.05) is 14.2 Å². The Hall–Kier alpha value is -2.97. The summed E-state index contributed by atoms with van der Waals surface area (Å²) >= 11 is 3.02. The first-order valence-electron chi connectivity index (χ1n) is 8.94. The third kappa shape index (κ3) is 3.94. The Kier molecular flexibility index (Phi) is 5.46. The molecule has 1 aromatic carbocycles. The van der Waals surface area contributed by atoms with Gasteiger partial charge in [0.2, 0.25) is 5.91 Å². The number of hydrogen-bond acceptors (Lipinski definition) is 6. The first-order chi connectivity index (χ1) is 14.1. The number of hydrogen-bond donors (Lipinski definition) is 0. The number of carbonyl (C=O) groups is 1. The van der Waals surface area contributed by atoms with Gasteiger partial charge in [-0.05, 0) is 29.1 Å². The van der Waals surface area contributed by atoms with Gasteiger partial charge in [-0.3, -0.25) is 14.2 Å². The number of carbonyl (C=O) groups excluding carboxylic acids is 1. The van der Waals surface area contributed by atoms with Gasteiger partial charge in [-0.1, -0.05) is 18.2 Å². The lowest BCUT2D eigenvalue weighted by Crippen LogP contribution is -2.33. The first-order valence-corrected chi connectivity index (χ1v) is 10.7. The van der Waals surface area contributed by atoms with Gasteiger partial charge in [0.15, 0.2) is 0 Å². The van der Waals surface area contributed by atoms with Gasteiger partial charge in [-0.2, -0.15) is 0 Å². The second kappa shape index (κ2) is 8.18. The van der Waals surface area contributed by atoms with Crippen LogP contribution in [0.4, 0.5) is 0 Å². The molecule has 0 aliphatic heterocycles. The van der Waals surface area contributed by atoms with Gasteiger partial charge in [0.25, 0.3) is 5.56 Å². The molecule has 0 saturated carbocycles. The standard InChI is InChI=1S/C21H19N3O3S2/c1-23(10-14-5-3-6-15(9-14)27-2)18(25)11-24-13-22-20-19(21(24)26)16(12-29-20)17-7-4-8-28-17/h3-9,12-13H,10-11H2,1-2H3. The summed E-state index contributed by atoms with van der Waals surface area (Å²) in [6.45, 7) is 0.376. The zero-order chi connectivity index (χ0) is 20.4. The topological polar surface area (TPSA) is 64.4 Å². The van der Waals surface area contributed by atoms with Crippen molar-refractivity contribution in [2.24, 2.45) is 0 Å². The molecule has 0 atom stereocenters. The van der Waals surface area contributed by atoms with Gasteiger partial charge in [0.05, 0.1) is 18.8 Å². The maximum Gasteiger partial charge on any atom is 0.263 e. The van der Waals surface area contributed by atoms with Crippen LogP contribution in [0.3, 0.4) is 0 Å². The minimum absolute atomic E-state index is 0.0536. The van der Waals surface area contributed by atoms with Gasteiger partial charge in [0, 0.05) is 29.4 Å². The van der Waals surface area contributed by atoms with E-state index in [4.69, 9.17) is 4.74 Å². The van der Waals surface area contributed by atoms with Crippen molar-refractivity contribution in [3.8, 4) is 16.2 Å². The van der Waals surface area contributed by atoms with E-state index in [-0.39, 0.29) is 18.0 Å². The number of nitrogens with zero attached hydrogens (tertiary/aromatic N) is 3. The van der Waals surface area contributed by atoms with Gasteiger partial charge in [0.1, 0.15) is 17.1 Å². The van der Waals surface area contributed by atoms with Crippen LogP contribution < -0.4 is 10.3 Å². The van der Waals surface area contributed by atoms with Crippen LogP contribution in [0, 0.1) is 0 Å². The molecule has 148 valence electrons. The molecule has 0 spiro atoms. The van der Waals surface area contributed by atoms with Crippen molar-refractivity contribution in [1.82, 2.24) is 14.5 Å². The molecule has 0 saturated heterocycles. The summed E-state index contributed by atoms with van der Waals surface area (Å²) in [6.07, 6.45) is 1.46. The molecule has 0 unspecified atom stereocenters. The van der Waals surface area contributed by atoms with Crippen LogP contribution in [0.15, 0.2) is 58.3 Å². The summed E-state index contributed by atoms with van der Waals surface area (Å²) in [5.74, 6) is 0.580. The van der Waals surface area contributed by atoms with Crippen LogP contribution in [0.1, 0.15) is 5.56 Å². The lowest BCUT2D eigenvalue weighted by molar-refractivity contribution is -0.131. The van der Waals surface area contributed by atoms with Gasteiger partial charge < -0.3 is 9.64 Å². The third-order valence-electron chi connectivity index (χ3n) is 4.63. The molecule has 0 fully saturated rings. The number of rotatable bonds is 6. The summed E-state index contributed by atoms with van der Waals surface area (Å²) in [7, 11) is 3.33. The van der Waals surface area contributed by atoms with Crippen molar-refractivity contribution in [3.63, 3.8) is 0 Å². The van der Waals surface area contributed by atoms with Crippen LogP contribution in [0.5, 0.6) is 5.75 Å². The predicted molar refractivity (Wildman–Crippen MR) is 117 cm³/mol. The van der Waals surface area contributed by atoms with E-state index in [0.29, 0.717) is 16.8 Å². The van der Waals surface area contributed by atoms with E-state index >= 15 is 0 Å². The molecule has 4 rings (SSSR count). The van der Waals surface area contributed by atoms with Crippen molar-refractivity contribution in [3.05, 3.63) is 69.4 Å². The highest BCUT2D eigenvalue weighted by atomic mass is 32.1. The van der Waals surface area contributed by atoms with E-state index in [9.17, 15) is 9.59 Å². The molecule has 6 nitrogen and oxygen atoms in total. The fourth-order valence-electron chi connectivity index (χ4n) is 3.09. The molecule has 0 bridgehead atoms. The smallest absolute Gasteiger partial charge is 0.263 e. The second-order valence-electron chi connectivity index (χ2n) is 6.59. The zero-order valence-corrected chi connectivity index (χ0v) is 17.6. The highest BCUT2D eigenvalue weighted by Gasteiger charge is 2.17. The van der Waals surface area contributed by atoms with E-state index in [2.05, 4.69) is 4.98 Å². The number of benzene rings is 1. The fourth-order valence-corrected chi connectivity index (χ4v) is 4.81. The van der Waals surface area contributed by atoms with Crippen molar-refractivity contribution >= 4 is 38.8 Å². The largest absolute Gasteiger partial charge is 0.497 e. The van der Waals surface area contributed by atoms with Crippen LogP contribution in [-0.2, 0) is 17.9 Å². The lowest BCUT2D eigenvalue weighted by atomic mass is 10.2. The number of aromatic nitrogens is 2. The Morgan fingerprint density at radius 2 is 2.10 bits per heavy atom. The highest BCUT2D eigenvalue weighted by Crippen LogP contribution is 2.33. The normalized spacial score (nSPS) is 11.0. The van der Waals surface area contributed by atoms with E-state index in [1.807, 2.05) is 47.2 Å². The highest BCUT2D eigenvalue weighted by molar-refractivity contribution is 7.18. The molecule has 0 radical (unpaired) electrons. The van der Waals surface area contributed by atoms with E-state index in [1.54, 1.807) is 30.4 Å². The molecule has 4 aromatic rings. The Balaban J connectivity index is 1.57. The molecule has 0 aliphatic carbocycles. The van der Waals surface area contributed by atoms with Crippen molar-refractivity contribution in [2.45, 2.75) is 13.1 Å².